The first-order valence-corrected chi connectivity index (χ1v) is 6.95. The Morgan fingerprint density at radius 2 is 2.05 bits per heavy atom. The van der Waals surface area contributed by atoms with Crippen molar-refractivity contribution >= 4 is 23.2 Å². The largest absolute Gasteiger partial charge is 0.345 e. The smallest absolute Gasteiger partial charge is 0.319 e. The number of pyridine rings is 1. The summed E-state index contributed by atoms with van der Waals surface area (Å²) >= 11 is 5.71. The van der Waals surface area contributed by atoms with Gasteiger partial charge in [0.1, 0.15) is 5.56 Å². The molecule has 1 atom stereocenters. The van der Waals surface area contributed by atoms with Crippen molar-refractivity contribution in [3.8, 4) is 0 Å². The molecule has 1 amide bonds. The molecule has 22 heavy (non-hydrogen) atoms. The van der Waals surface area contributed by atoms with Gasteiger partial charge in [-0.05, 0) is 31.0 Å². The molecular weight excluding hydrogens is 306 g/mol. The zero-order valence-electron chi connectivity index (χ0n) is 12.0. The molecule has 0 aliphatic heterocycles. The number of aryl methyl sites for hydroxylation is 1. The predicted octanol–water partition coefficient (Wildman–Crippen LogP) is 3.44. The quantitative estimate of drug-likeness (QED) is 0.531. The van der Waals surface area contributed by atoms with Gasteiger partial charge in [0.05, 0.1) is 11.0 Å². The second kappa shape index (κ2) is 6.53. The van der Waals surface area contributed by atoms with Crippen LogP contribution < -0.4 is 5.32 Å². The molecule has 6 nitrogen and oxygen atoms in total. The number of amides is 1. The van der Waals surface area contributed by atoms with Crippen molar-refractivity contribution in [2.24, 2.45) is 0 Å². The van der Waals surface area contributed by atoms with Crippen LogP contribution in [0.5, 0.6) is 0 Å². The van der Waals surface area contributed by atoms with E-state index in [1.54, 1.807) is 0 Å². The maximum Gasteiger partial charge on any atom is 0.319 e. The van der Waals surface area contributed by atoms with Crippen LogP contribution in [0.25, 0.3) is 0 Å². The number of benzene rings is 1. The first-order chi connectivity index (χ1) is 10.4. The molecule has 1 heterocycles. The molecule has 0 unspecified atom stereocenters. The second-order valence-corrected chi connectivity index (χ2v) is 5.16. The van der Waals surface area contributed by atoms with Crippen molar-refractivity contribution in [1.82, 2.24) is 10.3 Å². The van der Waals surface area contributed by atoms with Gasteiger partial charge in [0.2, 0.25) is 5.15 Å². The fraction of sp³-hybridized carbons (Fsp3) is 0.200. The summed E-state index contributed by atoms with van der Waals surface area (Å²) in [5.74, 6) is -0.563. The highest BCUT2D eigenvalue weighted by Crippen LogP contribution is 2.26. The number of rotatable bonds is 4. The summed E-state index contributed by atoms with van der Waals surface area (Å²) in [6, 6.07) is 8.60. The Bertz CT molecular complexity index is 734. The SMILES string of the molecule is Cc1ccccc1[C@@H](C)NC(=O)c1ccnc(Cl)c1[N+](=O)[O-]. The Morgan fingerprint density at radius 1 is 1.36 bits per heavy atom. The Kier molecular flexibility index (Phi) is 4.72. The van der Waals surface area contributed by atoms with Crippen LogP contribution in [0, 0.1) is 17.0 Å². The molecule has 1 aromatic heterocycles. The molecule has 0 saturated heterocycles. The van der Waals surface area contributed by atoms with Crippen LogP contribution in [0.15, 0.2) is 36.5 Å². The van der Waals surface area contributed by atoms with Gasteiger partial charge in [-0.3, -0.25) is 14.9 Å². The van der Waals surface area contributed by atoms with Crippen molar-refractivity contribution in [3.05, 3.63) is 68.5 Å². The molecule has 0 bridgehead atoms. The highest BCUT2D eigenvalue weighted by molar-refractivity contribution is 6.32. The maximum atomic E-state index is 12.3. The lowest BCUT2D eigenvalue weighted by atomic mass is 10.0. The topological polar surface area (TPSA) is 85.1 Å². The minimum absolute atomic E-state index is 0.106. The molecule has 0 spiro atoms. The highest BCUT2D eigenvalue weighted by atomic mass is 35.5. The van der Waals surface area contributed by atoms with Crippen LogP contribution in [-0.2, 0) is 0 Å². The van der Waals surface area contributed by atoms with E-state index >= 15 is 0 Å². The van der Waals surface area contributed by atoms with Crippen molar-refractivity contribution in [1.29, 1.82) is 0 Å². The normalized spacial score (nSPS) is 11.8. The Balaban J connectivity index is 2.29. The second-order valence-electron chi connectivity index (χ2n) is 4.81. The number of aromatic nitrogens is 1. The summed E-state index contributed by atoms with van der Waals surface area (Å²) in [7, 11) is 0. The van der Waals surface area contributed by atoms with E-state index in [0.29, 0.717) is 0 Å². The summed E-state index contributed by atoms with van der Waals surface area (Å²) < 4.78 is 0. The van der Waals surface area contributed by atoms with Crippen molar-refractivity contribution in [3.63, 3.8) is 0 Å². The Morgan fingerprint density at radius 3 is 2.68 bits per heavy atom. The van der Waals surface area contributed by atoms with Gasteiger partial charge in [-0.2, -0.15) is 0 Å². The summed E-state index contributed by atoms with van der Waals surface area (Å²) in [5, 5.41) is 13.5. The van der Waals surface area contributed by atoms with Crippen LogP contribution in [0.1, 0.15) is 34.5 Å². The number of nitrogens with one attached hydrogen (secondary N) is 1. The van der Waals surface area contributed by atoms with Crippen LogP contribution in [0.4, 0.5) is 5.69 Å². The fourth-order valence-electron chi connectivity index (χ4n) is 2.21. The van der Waals surface area contributed by atoms with E-state index in [4.69, 9.17) is 11.6 Å². The maximum absolute atomic E-state index is 12.3. The zero-order chi connectivity index (χ0) is 16.3. The van der Waals surface area contributed by atoms with E-state index in [9.17, 15) is 14.9 Å². The molecule has 2 rings (SSSR count). The van der Waals surface area contributed by atoms with E-state index in [0.717, 1.165) is 11.1 Å². The van der Waals surface area contributed by atoms with Gasteiger partial charge >= 0.3 is 5.69 Å². The van der Waals surface area contributed by atoms with Crippen LogP contribution in [-0.4, -0.2) is 15.8 Å². The molecule has 1 N–H and O–H groups in total. The zero-order valence-corrected chi connectivity index (χ0v) is 12.8. The van der Waals surface area contributed by atoms with Gasteiger partial charge in [0.15, 0.2) is 0 Å². The molecule has 0 aliphatic rings. The standard InChI is InChI=1S/C15H14ClN3O3/c1-9-5-3-4-6-11(9)10(2)18-15(20)12-7-8-17-14(16)13(12)19(21)22/h3-8,10H,1-2H3,(H,18,20)/t10-/m1/s1. The molecule has 7 heteroatoms. The Labute approximate surface area is 132 Å². The third-order valence-electron chi connectivity index (χ3n) is 3.31. The molecule has 2 aromatic rings. The van der Waals surface area contributed by atoms with E-state index in [1.807, 2.05) is 38.1 Å². The number of hydrogen-bond donors (Lipinski definition) is 1. The predicted molar refractivity (Wildman–Crippen MR) is 83.0 cm³/mol. The first-order valence-electron chi connectivity index (χ1n) is 6.57. The highest BCUT2D eigenvalue weighted by Gasteiger charge is 2.25. The summed E-state index contributed by atoms with van der Waals surface area (Å²) in [6.07, 6.45) is 1.27. The van der Waals surface area contributed by atoms with E-state index in [2.05, 4.69) is 10.3 Å². The number of carbonyl (C=O) groups is 1. The van der Waals surface area contributed by atoms with Crippen LogP contribution in [0.2, 0.25) is 5.15 Å². The number of nitro groups is 1. The lowest BCUT2D eigenvalue weighted by Crippen LogP contribution is -2.27. The van der Waals surface area contributed by atoms with E-state index in [-0.39, 0.29) is 16.8 Å². The molecule has 0 saturated carbocycles. The minimum Gasteiger partial charge on any atom is -0.345 e. The average Bonchev–Trinajstić information content (AvgIpc) is 2.46. The minimum atomic E-state index is -0.706. The molecule has 1 aromatic carbocycles. The average molecular weight is 320 g/mol. The lowest BCUT2D eigenvalue weighted by Gasteiger charge is -2.16. The lowest BCUT2D eigenvalue weighted by molar-refractivity contribution is -0.385. The molecular formula is C15H14ClN3O3. The molecule has 0 fully saturated rings. The van der Waals surface area contributed by atoms with Crippen molar-refractivity contribution in [2.75, 3.05) is 0 Å². The Hall–Kier alpha value is -2.47. The molecule has 0 aliphatic carbocycles. The van der Waals surface area contributed by atoms with Crippen LogP contribution >= 0.6 is 11.6 Å². The molecule has 0 radical (unpaired) electrons. The number of halogens is 1. The van der Waals surface area contributed by atoms with Gasteiger partial charge in [-0.25, -0.2) is 4.98 Å². The fourth-order valence-corrected chi connectivity index (χ4v) is 2.44. The molecule has 114 valence electrons. The first kappa shape index (κ1) is 15.9. The van der Waals surface area contributed by atoms with Gasteiger partial charge in [0, 0.05) is 6.20 Å². The summed E-state index contributed by atoms with van der Waals surface area (Å²) in [4.78, 5) is 26.3. The van der Waals surface area contributed by atoms with E-state index in [1.165, 1.54) is 12.3 Å². The van der Waals surface area contributed by atoms with Gasteiger partial charge in [-0.15, -0.1) is 0 Å². The van der Waals surface area contributed by atoms with Gasteiger partial charge in [0.25, 0.3) is 5.91 Å². The van der Waals surface area contributed by atoms with Gasteiger partial charge in [-0.1, -0.05) is 35.9 Å². The van der Waals surface area contributed by atoms with E-state index < -0.39 is 16.5 Å². The summed E-state index contributed by atoms with van der Waals surface area (Å²) in [5.41, 5.74) is 1.38. The number of nitrogens with zero attached hydrogens (tertiary/aromatic N) is 2. The van der Waals surface area contributed by atoms with Gasteiger partial charge < -0.3 is 5.32 Å². The van der Waals surface area contributed by atoms with Crippen LogP contribution in [0.3, 0.4) is 0 Å². The van der Waals surface area contributed by atoms with Crippen molar-refractivity contribution < 1.29 is 9.72 Å². The third kappa shape index (κ3) is 3.23. The summed E-state index contributed by atoms with van der Waals surface area (Å²) in [6.45, 7) is 3.75. The number of carbonyl (C=O) groups excluding carboxylic acids is 1. The third-order valence-corrected chi connectivity index (χ3v) is 3.59. The number of hydrogen-bond acceptors (Lipinski definition) is 4. The monoisotopic (exact) mass is 319 g/mol. The van der Waals surface area contributed by atoms with Crippen molar-refractivity contribution in [2.45, 2.75) is 19.9 Å².